The van der Waals surface area contributed by atoms with E-state index in [1.165, 1.54) is 30.0 Å². The Morgan fingerprint density at radius 3 is 2.74 bits per heavy atom. The topological polar surface area (TPSA) is 64.3 Å². The summed E-state index contributed by atoms with van der Waals surface area (Å²) in [7, 11) is 2.96. The number of carboxylic acid groups (broad SMARTS) is 1. The highest BCUT2D eigenvalue weighted by atomic mass is 79.9. The second-order valence-electron chi connectivity index (χ2n) is 3.78. The first-order valence-corrected chi connectivity index (χ1v) is 6.04. The summed E-state index contributed by atoms with van der Waals surface area (Å²) in [5, 5.41) is 12.7. The van der Waals surface area contributed by atoms with Crippen LogP contribution >= 0.6 is 15.9 Å². The van der Waals surface area contributed by atoms with Crippen LogP contribution < -0.4 is 4.74 Å². The van der Waals surface area contributed by atoms with Crippen LogP contribution in [-0.2, 0) is 7.05 Å². The fraction of sp³-hybridized carbons (Fsp3) is 0.167. The Kier molecular flexibility index (Phi) is 3.57. The molecule has 0 aliphatic heterocycles. The van der Waals surface area contributed by atoms with Gasteiger partial charge in [-0.15, -0.1) is 0 Å². The van der Waals surface area contributed by atoms with Gasteiger partial charge in [0.1, 0.15) is 11.6 Å². The number of ether oxygens (including phenoxy) is 1. The Morgan fingerprint density at radius 2 is 2.21 bits per heavy atom. The average Bonchev–Trinajstić information content (AvgIpc) is 2.74. The summed E-state index contributed by atoms with van der Waals surface area (Å²) in [5.41, 5.74) is 0.339. The maximum atomic E-state index is 14.0. The van der Waals surface area contributed by atoms with E-state index in [9.17, 15) is 9.18 Å². The summed E-state index contributed by atoms with van der Waals surface area (Å²) in [6.45, 7) is 0. The second kappa shape index (κ2) is 5.00. The number of methoxy groups -OCH3 is 1. The maximum Gasteiger partial charge on any atom is 0.356 e. The first-order chi connectivity index (χ1) is 8.95. The number of benzene rings is 1. The van der Waals surface area contributed by atoms with E-state index >= 15 is 0 Å². The van der Waals surface area contributed by atoms with Gasteiger partial charge in [0.2, 0.25) is 0 Å². The lowest BCUT2D eigenvalue weighted by Gasteiger charge is -2.11. The van der Waals surface area contributed by atoms with E-state index in [0.717, 1.165) is 0 Å². The molecule has 0 radical (unpaired) electrons. The van der Waals surface area contributed by atoms with Crippen molar-refractivity contribution in [1.82, 2.24) is 9.78 Å². The lowest BCUT2D eigenvalue weighted by Crippen LogP contribution is -2.00. The molecular weight excluding hydrogens is 319 g/mol. The largest absolute Gasteiger partial charge is 0.495 e. The molecule has 7 heteroatoms. The van der Waals surface area contributed by atoms with Crippen molar-refractivity contribution in [2.45, 2.75) is 0 Å². The predicted molar refractivity (Wildman–Crippen MR) is 69.8 cm³/mol. The van der Waals surface area contributed by atoms with Gasteiger partial charge in [-0.2, -0.15) is 5.10 Å². The van der Waals surface area contributed by atoms with Crippen LogP contribution in [0.4, 0.5) is 4.39 Å². The second-order valence-corrected chi connectivity index (χ2v) is 4.64. The van der Waals surface area contributed by atoms with Gasteiger partial charge in [0.25, 0.3) is 0 Å². The third kappa shape index (κ3) is 2.33. The number of carboxylic acids is 1. The van der Waals surface area contributed by atoms with E-state index in [-0.39, 0.29) is 11.3 Å². The van der Waals surface area contributed by atoms with Gasteiger partial charge in [0.15, 0.2) is 5.69 Å². The Hall–Kier alpha value is -1.89. The normalized spacial score (nSPS) is 10.5. The number of halogens is 2. The minimum absolute atomic E-state index is 0.154. The standard InChI is InChI=1S/C12H10BrFN2O3/c1-16-9(5-8(15-16)12(17)18)10-7(14)4-3-6(13)11(10)19-2/h3-5H,1-2H3,(H,17,18). The van der Waals surface area contributed by atoms with E-state index < -0.39 is 11.8 Å². The summed E-state index contributed by atoms with van der Waals surface area (Å²) in [6.07, 6.45) is 0. The van der Waals surface area contributed by atoms with Gasteiger partial charge in [-0.1, -0.05) is 0 Å². The first-order valence-electron chi connectivity index (χ1n) is 5.25. The molecule has 0 bridgehead atoms. The lowest BCUT2D eigenvalue weighted by molar-refractivity contribution is 0.0689. The molecule has 1 N–H and O–H groups in total. The molecule has 1 aromatic heterocycles. The van der Waals surface area contributed by atoms with E-state index in [0.29, 0.717) is 15.9 Å². The van der Waals surface area contributed by atoms with Crippen LogP contribution in [-0.4, -0.2) is 28.0 Å². The molecule has 0 saturated carbocycles. The highest BCUT2D eigenvalue weighted by Crippen LogP contribution is 2.38. The van der Waals surface area contributed by atoms with Crippen LogP contribution in [0.15, 0.2) is 22.7 Å². The van der Waals surface area contributed by atoms with Crippen LogP contribution in [0.5, 0.6) is 5.75 Å². The smallest absolute Gasteiger partial charge is 0.356 e. The van der Waals surface area contributed by atoms with E-state index in [1.54, 1.807) is 7.05 Å². The number of aromatic carboxylic acids is 1. The Balaban J connectivity index is 2.71. The quantitative estimate of drug-likeness (QED) is 0.940. The predicted octanol–water partition coefficient (Wildman–Crippen LogP) is 2.70. The summed E-state index contributed by atoms with van der Waals surface area (Å²) >= 11 is 3.26. The van der Waals surface area contributed by atoms with Crippen molar-refractivity contribution in [2.24, 2.45) is 7.05 Å². The van der Waals surface area contributed by atoms with Crippen molar-refractivity contribution in [1.29, 1.82) is 0 Å². The Morgan fingerprint density at radius 1 is 1.53 bits per heavy atom. The molecule has 0 amide bonds. The molecule has 0 unspecified atom stereocenters. The monoisotopic (exact) mass is 328 g/mol. The van der Waals surface area contributed by atoms with E-state index in [4.69, 9.17) is 9.84 Å². The Bertz CT molecular complexity index is 655. The molecule has 2 rings (SSSR count). The molecule has 19 heavy (non-hydrogen) atoms. The van der Waals surface area contributed by atoms with Crippen molar-refractivity contribution in [3.63, 3.8) is 0 Å². The number of carbonyl (C=O) groups is 1. The highest BCUT2D eigenvalue weighted by molar-refractivity contribution is 9.10. The zero-order valence-corrected chi connectivity index (χ0v) is 11.7. The van der Waals surface area contributed by atoms with Crippen LogP contribution in [0, 0.1) is 5.82 Å². The van der Waals surface area contributed by atoms with Crippen molar-refractivity contribution in [3.05, 3.63) is 34.2 Å². The minimum Gasteiger partial charge on any atom is -0.495 e. The molecule has 0 aliphatic carbocycles. The van der Waals surface area contributed by atoms with Crippen molar-refractivity contribution in [3.8, 4) is 17.0 Å². The first kappa shape index (κ1) is 13.5. The van der Waals surface area contributed by atoms with Gasteiger partial charge in [0.05, 0.1) is 22.8 Å². The van der Waals surface area contributed by atoms with Crippen LogP contribution in [0.2, 0.25) is 0 Å². The Labute approximate surface area is 116 Å². The fourth-order valence-corrected chi connectivity index (χ4v) is 2.27. The van der Waals surface area contributed by atoms with E-state index in [2.05, 4.69) is 21.0 Å². The zero-order valence-electron chi connectivity index (χ0n) is 10.1. The molecule has 0 atom stereocenters. The number of rotatable bonds is 3. The van der Waals surface area contributed by atoms with Gasteiger partial charge >= 0.3 is 5.97 Å². The van der Waals surface area contributed by atoms with Gasteiger partial charge in [-0.25, -0.2) is 9.18 Å². The summed E-state index contributed by atoms with van der Waals surface area (Å²) in [5.74, 6) is -1.39. The van der Waals surface area contributed by atoms with Crippen LogP contribution in [0.3, 0.4) is 0 Å². The third-order valence-electron chi connectivity index (χ3n) is 2.62. The summed E-state index contributed by atoms with van der Waals surface area (Å²) < 4.78 is 21.0. The minimum atomic E-state index is -1.17. The number of hydrogen-bond acceptors (Lipinski definition) is 3. The van der Waals surface area contributed by atoms with Crippen LogP contribution in [0.1, 0.15) is 10.5 Å². The molecule has 2 aromatic rings. The van der Waals surface area contributed by atoms with Crippen molar-refractivity contribution in [2.75, 3.05) is 7.11 Å². The van der Waals surface area contributed by atoms with Gasteiger partial charge in [0, 0.05) is 7.05 Å². The number of hydrogen-bond donors (Lipinski definition) is 1. The number of aromatic nitrogens is 2. The molecule has 0 saturated heterocycles. The molecule has 5 nitrogen and oxygen atoms in total. The molecule has 1 heterocycles. The van der Waals surface area contributed by atoms with Crippen LogP contribution in [0.25, 0.3) is 11.3 Å². The third-order valence-corrected chi connectivity index (χ3v) is 3.24. The molecular formula is C12H10BrFN2O3. The molecule has 1 aromatic carbocycles. The molecule has 0 spiro atoms. The number of aryl methyl sites for hydroxylation is 1. The van der Waals surface area contributed by atoms with Crippen molar-refractivity contribution >= 4 is 21.9 Å². The number of nitrogens with zero attached hydrogens (tertiary/aromatic N) is 2. The van der Waals surface area contributed by atoms with Crippen molar-refractivity contribution < 1.29 is 19.0 Å². The fourth-order valence-electron chi connectivity index (χ4n) is 1.78. The van der Waals surface area contributed by atoms with Gasteiger partial charge in [-0.3, -0.25) is 4.68 Å². The highest BCUT2D eigenvalue weighted by Gasteiger charge is 2.20. The average molecular weight is 329 g/mol. The summed E-state index contributed by atoms with van der Waals surface area (Å²) in [6, 6.07) is 4.09. The van der Waals surface area contributed by atoms with Gasteiger partial charge in [-0.05, 0) is 34.1 Å². The zero-order chi connectivity index (χ0) is 14.2. The SMILES string of the molecule is COc1c(Br)ccc(F)c1-c1cc(C(=O)O)nn1C. The van der Waals surface area contributed by atoms with Gasteiger partial charge < -0.3 is 9.84 Å². The molecule has 0 fully saturated rings. The molecule has 100 valence electrons. The lowest BCUT2D eigenvalue weighted by atomic mass is 10.1. The summed E-state index contributed by atoms with van der Waals surface area (Å²) in [4.78, 5) is 10.9. The molecule has 0 aliphatic rings. The maximum absolute atomic E-state index is 14.0. The van der Waals surface area contributed by atoms with E-state index in [1.807, 2.05) is 0 Å².